The second-order valence-corrected chi connectivity index (χ2v) is 7.86. The fourth-order valence-corrected chi connectivity index (χ4v) is 4.55. The molecule has 6 heteroatoms. The number of nitrogens with zero attached hydrogens (tertiary/aromatic N) is 2. The molecule has 1 aromatic carbocycles. The Kier molecular flexibility index (Phi) is 4.31. The Bertz CT molecular complexity index is 591. The highest BCUT2D eigenvalue weighted by molar-refractivity contribution is 7.88. The van der Waals surface area contributed by atoms with E-state index in [0.717, 1.165) is 24.2 Å². The summed E-state index contributed by atoms with van der Waals surface area (Å²) in [7, 11) is -3.25. The zero-order valence-electron chi connectivity index (χ0n) is 12.2. The summed E-state index contributed by atoms with van der Waals surface area (Å²) in [5.41, 5.74) is 7.43. The Hall–Kier alpha value is -0.950. The highest BCUT2D eigenvalue weighted by Crippen LogP contribution is 2.28. The fraction of sp³-hybridized carbons (Fsp3) is 0.600. The fourth-order valence-electron chi connectivity index (χ4n) is 2.97. The van der Waals surface area contributed by atoms with Gasteiger partial charge in [0, 0.05) is 38.8 Å². The molecule has 1 aromatic rings. The van der Waals surface area contributed by atoms with Crippen LogP contribution in [0.15, 0.2) is 24.3 Å². The van der Waals surface area contributed by atoms with Gasteiger partial charge in [-0.1, -0.05) is 24.3 Å². The molecular weight excluding hydrogens is 286 g/mol. The van der Waals surface area contributed by atoms with Crippen LogP contribution in [-0.2, 0) is 22.3 Å². The van der Waals surface area contributed by atoms with Crippen molar-refractivity contribution in [2.45, 2.75) is 31.2 Å². The number of hydrogen-bond acceptors (Lipinski definition) is 4. The molecule has 1 saturated carbocycles. The second-order valence-electron chi connectivity index (χ2n) is 5.90. The molecule has 2 fully saturated rings. The van der Waals surface area contributed by atoms with Crippen LogP contribution in [0.3, 0.4) is 0 Å². The average Bonchev–Trinajstić information content (AvgIpc) is 3.32. The summed E-state index contributed by atoms with van der Waals surface area (Å²) in [6, 6.07) is 8.24. The number of piperazine rings is 1. The van der Waals surface area contributed by atoms with Crippen molar-refractivity contribution < 1.29 is 8.42 Å². The smallest absolute Gasteiger partial charge is 0.218 e. The third-order valence-corrected chi connectivity index (χ3v) is 6.23. The lowest BCUT2D eigenvalue weighted by Gasteiger charge is -2.34. The Morgan fingerprint density at radius 2 is 1.67 bits per heavy atom. The normalized spacial score (nSPS) is 21.6. The van der Waals surface area contributed by atoms with Crippen LogP contribution in [0.5, 0.6) is 0 Å². The molecule has 0 aromatic heterocycles. The first kappa shape index (κ1) is 15.0. The number of sulfonamides is 1. The zero-order chi connectivity index (χ0) is 14.9. The van der Waals surface area contributed by atoms with Gasteiger partial charge in [0.05, 0.1) is 5.75 Å². The maximum Gasteiger partial charge on any atom is 0.218 e. The van der Waals surface area contributed by atoms with Crippen molar-refractivity contribution in [1.82, 2.24) is 9.21 Å². The average molecular weight is 309 g/mol. The van der Waals surface area contributed by atoms with Crippen LogP contribution in [0.1, 0.15) is 24.0 Å². The van der Waals surface area contributed by atoms with E-state index in [1.54, 1.807) is 4.31 Å². The van der Waals surface area contributed by atoms with Gasteiger partial charge in [-0.2, -0.15) is 4.31 Å². The molecule has 2 N–H and O–H groups in total. The third kappa shape index (κ3) is 3.45. The minimum absolute atomic E-state index is 0.0593. The lowest BCUT2D eigenvalue weighted by Crippen LogP contribution is -2.49. The van der Waals surface area contributed by atoms with Crippen molar-refractivity contribution in [3.8, 4) is 0 Å². The van der Waals surface area contributed by atoms with Gasteiger partial charge in [0.25, 0.3) is 0 Å². The van der Waals surface area contributed by atoms with E-state index in [2.05, 4.69) is 4.90 Å². The molecule has 1 aliphatic heterocycles. The molecule has 116 valence electrons. The van der Waals surface area contributed by atoms with E-state index in [9.17, 15) is 8.42 Å². The van der Waals surface area contributed by atoms with E-state index in [0.29, 0.717) is 25.7 Å². The predicted octanol–water partition coefficient (Wildman–Crippen LogP) is 0.755. The Balaban J connectivity index is 1.66. The molecule has 21 heavy (non-hydrogen) atoms. The van der Waals surface area contributed by atoms with Crippen molar-refractivity contribution in [1.29, 1.82) is 0 Å². The molecule has 0 spiro atoms. The van der Waals surface area contributed by atoms with Crippen LogP contribution in [0.4, 0.5) is 0 Å². The van der Waals surface area contributed by atoms with Crippen LogP contribution in [0.25, 0.3) is 0 Å². The van der Waals surface area contributed by atoms with Gasteiger partial charge in [-0.25, -0.2) is 8.42 Å². The van der Waals surface area contributed by atoms with Crippen molar-refractivity contribution in [2.24, 2.45) is 5.73 Å². The summed E-state index contributed by atoms with van der Waals surface area (Å²) in [6.07, 6.45) is 2.55. The maximum absolute atomic E-state index is 12.6. The topological polar surface area (TPSA) is 66.6 Å². The molecule has 0 unspecified atom stereocenters. The minimum Gasteiger partial charge on any atom is -0.326 e. The van der Waals surface area contributed by atoms with Gasteiger partial charge in [-0.3, -0.25) is 4.90 Å². The highest BCUT2D eigenvalue weighted by Gasteiger charge is 2.34. The second kappa shape index (κ2) is 6.04. The molecule has 0 atom stereocenters. The Labute approximate surface area is 126 Å². The van der Waals surface area contributed by atoms with Crippen molar-refractivity contribution in [3.05, 3.63) is 35.4 Å². The molecule has 0 radical (unpaired) electrons. The number of rotatable bonds is 5. The van der Waals surface area contributed by atoms with Crippen LogP contribution < -0.4 is 5.73 Å². The van der Waals surface area contributed by atoms with Gasteiger partial charge < -0.3 is 5.73 Å². The summed E-state index contributed by atoms with van der Waals surface area (Å²) in [4.78, 5) is 2.42. The van der Waals surface area contributed by atoms with E-state index in [1.807, 2.05) is 24.3 Å². The molecule has 3 rings (SSSR count). The highest BCUT2D eigenvalue weighted by atomic mass is 32.2. The van der Waals surface area contributed by atoms with E-state index in [4.69, 9.17) is 5.73 Å². The number of nitrogens with two attached hydrogens (primary N) is 1. The Morgan fingerprint density at radius 1 is 1.05 bits per heavy atom. The van der Waals surface area contributed by atoms with Gasteiger partial charge in [-0.05, 0) is 24.0 Å². The van der Waals surface area contributed by atoms with E-state index < -0.39 is 10.0 Å². The molecule has 1 heterocycles. The van der Waals surface area contributed by atoms with Gasteiger partial charge >= 0.3 is 0 Å². The zero-order valence-corrected chi connectivity index (χ0v) is 13.1. The van der Waals surface area contributed by atoms with Crippen LogP contribution >= 0.6 is 0 Å². The SMILES string of the molecule is NCc1ccccc1CS(=O)(=O)N1CCN(C2CC2)CC1. The number of benzene rings is 1. The maximum atomic E-state index is 12.6. The summed E-state index contributed by atoms with van der Waals surface area (Å²) in [5.74, 6) is 0.0593. The molecular formula is C15H23N3O2S. The first-order valence-corrected chi connectivity index (χ1v) is 9.20. The Morgan fingerprint density at radius 3 is 2.24 bits per heavy atom. The van der Waals surface area contributed by atoms with Gasteiger partial charge in [0.15, 0.2) is 0 Å². The van der Waals surface area contributed by atoms with E-state index in [1.165, 1.54) is 12.8 Å². The molecule has 1 aliphatic carbocycles. The first-order chi connectivity index (χ1) is 10.1. The quantitative estimate of drug-likeness (QED) is 0.872. The third-order valence-electron chi connectivity index (χ3n) is 4.41. The van der Waals surface area contributed by atoms with Crippen LogP contribution in [0.2, 0.25) is 0 Å². The van der Waals surface area contributed by atoms with Gasteiger partial charge in [0.1, 0.15) is 0 Å². The molecule has 5 nitrogen and oxygen atoms in total. The van der Waals surface area contributed by atoms with Crippen molar-refractivity contribution in [2.75, 3.05) is 26.2 Å². The van der Waals surface area contributed by atoms with Crippen molar-refractivity contribution in [3.63, 3.8) is 0 Å². The standard InChI is InChI=1S/C15H23N3O2S/c16-11-13-3-1-2-4-14(13)12-21(19,20)18-9-7-17(8-10-18)15-5-6-15/h1-4,15H,5-12,16H2. The lowest BCUT2D eigenvalue weighted by atomic mass is 10.1. The molecule has 0 bridgehead atoms. The largest absolute Gasteiger partial charge is 0.326 e. The number of hydrogen-bond donors (Lipinski definition) is 1. The summed E-state index contributed by atoms with van der Waals surface area (Å²) < 4.78 is 26.8. The van der Waals surface area contributed by atoms with Crippen LogP contribution in [-0.4, -0.2) is 49.8 Å². The molecule has 2 aliphatic rings. The summed E-state index contributed by atoms with van der Waals surface area (Å²) in [5, 5.41) is 0. The minimum atomic E-state index is -3.25. The predicted molar refractivity (Wildman–Crippen MR) is 83.1 cm³/mol. The molecule has 0 amide bonds. The first-order valence-electron chi connectivity index (χ1n) is 7.59. The van der Waals surface area contributed by atoms with Gasteiger partial charge in [0.2, 0.25) is 10.0 Å². The van der Waals surface area contributed by atoms with Gasteiger partial charge in [-0.15, -0.1) is 0 Å². The summed E-state index contributed by atoms with van der Waals surface area (Å²) >= 11 is 0. The van der Waals surface area contributed by atoms with E-state index >= 15 is 0 Å². The van der Waals surface area contributed by atoms with E-state index in [-0.39, 0.29) is 5.75 Å². The van der Waals surface area contributed by atoms with Crippen molar-refractivity contribution >= 4 is 10.0 Å². The monoisotopic (exact) mass is 309 g/mol. The molecule has 1 saturated heterocycles. The summed E-state index contributed by atoms with van der Waals surface area (Å²) in [6.45, 7) is 3.33. The van der Waals surface area contributed by atoms with Crippen LogP contribution in [0, 0.1) is 0 Å². The lowest BCUT2D eigenvalue weighted by molar-refractivity contribution is 0.180.